The average Bonchev–Trinajstić information content (AvgIpc) is 3.22. The van der Waals surface area contributed by atoms with Crippen LogP contribution in [-0.4, -0.2) is 51.4 Å². The second-order valence-corrected chi connectivity index (χ2v) is 8.78. The quantitative estimate of drug-likeness (QED) is 0.233. The Morgan fingerprint density at radius 3 is 2.55 bits per heavy atom. The van der Waals surface area contributed by atoms with Crippen LogP contribution in [0.2, 0.25) is 0 Å². The first-order valence-corrected chi connectivity index (χ1v) is 11.7. The normalized spacial score (nSPS) is 11.6. The minimum atomic E-state index is -3.37. The maximum atomic E-state index is 12.8. The molecule has 0 aliphatic carbocycles. The monoisotopic (exact) mass is 473 g/mol. The predicted molar refractivity (Wildman–Crippen MR) is 122 cm³/mol. The van der Waals surface area contributed by atoms with Gasteiger partial charge in [-0.2, -0.15) is 0 Å². The second-order valence-electron chi connectivity index (χ2n) is 6.95. The first kappa shape index (κ1) is 24.0. The molecule has 0 aliphatic heterocycles. The number of hydrogen-bond donors (Lipinski definition) is 3. The third kappa shape index (κ3) is 6.91. The van der Waals surface area contributed by atoms with Crippen molar-refractivity contribution in [3.8, 4) is 5.75 Å². The molecule has 2 amide bonds. The molecule has 2 aromatic carbocycles. The number of hydrogen-bond acceptors (Lipinski definition) is 7. The number of nitrogens with zero attached hydrogens (tertiary/aromatic N) is 1. The number of para-hydroxylation sites is 1. The number of anilines is 1. The maximum absolute atomic E-state index is 12.8. The van der Waals surface area contributed by atoms with Crippen LogP contribution < -0.4 is 19.8 Å². The van der Waals surface area contributed by atoms with E-state index in [-0.39, 0.29) is 25.3 Å². The molecule has 0 radical (unpaired) electrons. The SMILES string of the molecule is CS(=O)(=O)NCC=CC(=O)N(CCOc1ccc(C(=O)NO)cc1)c1cc2ccccc2o1. The van der Waals surface area contributed by atoms with E-state index in [9.17, 15) is 18.0 Å². The summed E-state index contributed by atoms with van der Waals surface area (Å²) in [6.45, 7) is 0.230. The van der Waals surface area contributed by atoms with Gasteiger partial charge in [0.2, 0.25) is 15.9 Å². The van der Waals surface area contributed by atoms with Crippen LogP contribution in [-0.2, 0) is 14.8 Å². The Bertz CT molecular complexity index is 1220. The summed E-state index contributed by atoms with van der Waals surface area (Å²) in [4.78, 5) is 25.6. The molecule has 0 bridgehead atoms. The Kier molecular flexibility index (Phi) is 7.83. The van der Waals surface area contributed by atoms with Gasteiger partial charge in [0.25, 0.3) is 11.8 Å². The Morgan fingerprint density at radius 2 is 1.88 bits per heavy atom. The second kappa shape index (κ2) is 10.8. The van der Waals surface area contributed by atoms with Crippen LogP contribution in [0.3, 0.4) is 0 Å². The Balaban J connectivity index is 1.70. The number of fused-ring (bicyclic) bond motifs is 1. The molecule has 3 N–H and O–H groups in total. The summed E-state index contributed by atoms with van der Waals surface area (Å²) in [6, 6.07) is 15.2. The lowest BCUT2D eigenvalue weighted by Crippen LogP contribution is -2.33. The van der Waals surface area contributed by atoms with E-state index < -0.39 is 21.8 Å². The van der Waals surface area contributed by atoms with E-state index in [0.29, 0.717) is 17.2 Å². The Labute approximate surface area is 190 Å². The smallest absolute Gasteiger partial charge is 0.274 e. The van der Waals surface area contributed by atoms with Gasteiger partial charge in [-0.05, 0) is 30.3 Å². The summed E-state index contributed by atoms with van der Waals surface area (Å²) < 4.78 is 36.1. The van der Waals surface area contributed by atoms with Gasteiger partial charge < -0.3 is 9.15 Å². The zero-order valence-corrected chi connectivity index (χ0v) is 18.5. The molecule has 11 heteroatoms. The largest absolute Gasteiger partial charge is 0.492 e. The summed E-state index contributed by atoms with van der Waals surface area (Å²) in [6.07, 6.45) is 3.70. The highest BCUT2D eigenvalue weighted by Crippen LogP contribution is 2.26. The van der Waals surface area contributed by atoms with E-state index in [1.807, 2.05) is 18.2 Å². The molecule has 1 aromatic heterocycles. The lowest BCUT2D eigenvalue weighted by Gasteiger charge is -2.18. The average molecular weight is 474 g/mol. The van der Waals surface area contributed by atoms with Gasteiger partial charge in [0, 0.05) is 29.6 Å². The molecule has 10 nitrogen and oxygen atoms in total. The van der Waals surface area contributed by atoms with Crippen LogP contribution in [0.5, 0.6) is 5.75 Å². The van der Waals surface area contributed by atoms with Gasteiger partial charge in [-0.25, -0.2) is 18.6 Å². The Morgan fingerprint density at radius 1 is 1.15 bits per heavy atom. The highest BCUT2D eigenvalue weighted by Gasteiger charge is 2.18. The highest BCUT2D eigenvalue weighted by atomic mass is 32.2. The lowest BCUT2D eigenvalue weighted by molar-refractivity contribution is -0.114. The van der Waals surface area contributed by atoms with E-state index in [0.717, 1.165) is 11.6 Å². The minimum absolute atomic E-state index is 0.0250. The molecule has 0 aliphatic rings. The molecule has 33 heavy (non-hydrogen) atoms. The molecule has 0 atom stereocenters. The summed E-state index contributed by atoms with van der Waals surface area (Å²) in [5.74, 6) is -0.266. The van der Waals surface area contributed by atoms with Crippen molar-refractivity contribution in [2.75, 3.05) is 30.9 Å². The van der Waals surface area contributed by atoms with Crippen LogP contribution in [0, 0.1) is 0 Å². The molecule has 0 unspecified atom stereocenters. The van der Waals surface area contributed by atoms with Gasteiger partial charge in [0.15, 0.2) is 0 Å². The third-order valence-corrected chi connectivity index (χ3v) is 5.16. The highest BCUT2D eigenvalue weighted by molar-refractivity contribution is 7.88. The van der Waals surface area contributed by atoms with Gasteiger partial charge >= 0.3 is 0 Å². The number of carbonyl (C=O) groups is 2. The number of sulfonamides is 1. The van der Waals surface area contributed by atoms with Crippen molar-refractivity contribution in [1.82, 2.24) is 10.2 Å². The summed E-state index contributed by atoms with van der Waals surface area (Å²) >= 11 is 0. The van der Waals surface area contributed by atoms with Crippen molar-refractivity contribution in [3.05, 3.63) is 72.3 Å². The number of carbonyl (C=O) groups excluding carboxylic acids is 2. The van der Waals surface area contributed by atoms with Crippen LogP contribution >= 0.6 is 0 Å². The molecule has 3 rings (SSSR count). The summed E-state index contributed by atoms with van der Waals surface area (Å²) in [7, 11) is -3.37. The van der Waals surface area contributed by atoms with Crippen LogP contribution in [0.25, 0.3) is 11.0 Å². The number of nitrogens with one attached hydrogen (secondary N) is 2. The first-order chi connectivity index (χ1) is 15.8. The van der Waals surface area contributed by atoms with E-state index in [1.54, 1.807) is 29.7 Å². The van der Waals surface area contributed by atoms with Crippen LogP contribution in [0.4, 0.5) is 5.88 Å². The molecule has 3 aromatic rings. The molecule has 174 valence electrons. The number of benzene rings is 2. The molecular weight excluding hydrogens is 450 g/mol. The number of amides is 2. The maximum Gasteiger partial charge on any atom is 0.274 e. The molecule has 0 fully saturated rings. The van der Waals surface area contributed by atoms with Crippen molar-refractivity contribution >= 4 is 38.7 Å². The fourth-order valence-corrected chi connectivity index (χ4v) is 3.30. The molecule has 1 heterocycles. The summed E-state index contributed by atoms with van der Waals surface area (Å²) in [5, 5.41) is 9.50. The van der Waals surface area contributed by atoms with Crippen LogP contribution in [0.15, 0.2) is 71.2 Å². The van der Waals surface area contributed by atoms with Gasteiger partial charge in [0.05, 0.1) is 12.8 Å². The molecule has 0 saturated carbocycles. The van der Waals surface area contributed by atoms with Gasteiger partial charge in [-0.3, -0.25) is 19.7 Å². The van der Waals surface area contributed by atoms with Crippen LogP contribution in [0.1, 0.15) is 10.4 Å². The van der Waals surface area contributed by atoms with Gasteiger partial charge in [-0.15, -0.1) is 0 Å². The fourth-order valence-electron chi connectivity index (χ4n) is 2.90. The number of hydroxylamine groups is 1. The van der Waals surface area contributed by atoms with Crippen molar-refractivity contribution in [3.63, 3.8) is 0 Å². The summed E-state index contributed by atoms with van der Waals surface area (Å²) in [5.41, 5.74) is 2.43. The van der Waals surface area contributed by atoms with Gasteiger partial charge in [-0.1, -0.05) is 24.3 Å². The standard InChI is InChI=1S/C22H23N3O7S/c1-33(29,30)23-12-4-7-20(26)25(21-15-17-5-2-3-6-19(17)32-21)13-14-31-18-10-8-16(9-11-18)22(27)24-28/h2-11,15,23,28H,12-14H2,1H3,(H,24,27). The van der Waals surface area contributed by atoms with Gasteiger partial charge in [0.1, 0.15) is 17.9 Å². The third-order valence-electron chi connectivity index (χ3n) is 4.47. The van der Waals surface area contributed by atoms with E-state index >= 15 is 0 Å². The van der Waals surface area contributed by atoms with E-state index in [2.05, 4.69) is 4.72 Å². The number of ether oxygens (including phenoxy) is 1. The van der Waals surface area contributed by atoms with Crippen molar-refractivity contribution in [2.24, 2.45) is 0 Å². The number of furan rings is 1. The van der Waals surface area contributed by atoms with Crippen molar-refractivity contribution in [1.29, 1.82) is 0 Å². The zero-order chi connectivity index (χ0) is 23.8. The first-order valence-electron chi connectivity index (χ1n) is 9.85. The van der Waals surface area contributed by atoms with Crippen molar-refractivity contribution in [2.45, 2.75) is 0 Å². The topological polar surface area (TPSA) is 138 Å². The Hall–Kier alpha value is -3.67. The van der Waals surface area contributed by atoms with E-state index in [1.165, 1.54) is 29.2 Å². The molecule has 0 spiro atoms. The molecule has 0 saturated heterocycles. The zero-order valence-electron chi connectivity index (χ0n) is 17.7. The fraction of sp³-hybridized carbons (Fsp3) is 0.182. The van der Waals surface area contributed by atoms with E-state index in [4.69, 9.17) is 14.4 Å². The minimum Gasteiger partial charge on any atom is -0.492 e. The lowest BCUT2D eigenvalue weighted by atomic mass is 10.2. The van der Waals surface area contributed by atoms with Crippen molar-refractivity contribution < 1.29 is 32.4 Å². The molecular formula is C22H23N3O7S. The number of rotatable bonds is 10. The predicted octanol–water partition coefficient (Wildman–Crippen LogP) is 2.07.